The fourth-order valence-electron chi connectivity index (χ4n) is 3.88. The van der Waals surface area contributed by atoms with Gasteiger partial charge in [-0.2, -0.15) is 0 Å². The van der Waals surface area contributed by atoms with E-state index < -0.39 is 34.6 Å². The van der Waals surface area contributed by atoms with E-state index in [2.05, 4.69) is 0 Å². The second-order valence-electron chi connectivity index (χ2n) is 7.03. The summed E-state index contributed by atoms with van der Waals surface area (Å²) in [5, 5.41) is 29.8. The predicted octanol–water partition coefficient (Wildman–Crippen LogP) is 1.74. The molecule has 28 heavy (non-hydrogen) atoms. The fraction of sp³-hybridized carbons (Fsp3) is 0.300. The Bertz CT molecular complexity index is 986. The molecule has 0 saturated heterocycles. The number of allylic oxidation sites excluding steroid dienone is 2. The Morgan fingerprint density at radius 3 is 2.43 bits per heavy atom. The van der Waals surface area contributed by atoms with Gasteiger partial charge in [-0.05, 0) is 36.3 Å². The molecule has 8 heteroatoms. The van der Waals surface area contributed by atoms with E-state index in [1.165, 1.54) is 6.07 Å². The zero-order chi connectivity index (χ0) is 20.7. The Morgan fingerprint density at radius 2 is 1.79 bits per heavy atom. The number of aliphatic hydroxyl groups is 2. The van der Waals surface area contributed by atoms with Crippen LogP contribution in [-0.4, -0.2) is 38.6 Å². The van der Waals surface area contributed by atoms with Crippen LogP contribution in [-0.2, 0) is 14.4 Å². The average molecular weight is 385 g/mol. The third kappa shape index (κ3) is 2.96. The maximum atomic E-state index is 12.4. The predicted molar refractivity (Wildman–Crippen MR) is 96.7 cm³/mol. The Hall–Kier alpha value is -3.42. The summed E-state index contributed by atoms with van der Waals surface area (Å²) in [5.74, 6) is -6.12. The first-order valence-electron chi connectivity index (χ1n) is 8.74. The van der Waals surface area contributed by atoms with E-state index in [9.17, 15) is 34.5 Å². The standard InChI is InChI=1S/C20H19NO7/c1-8-9(7-13(23)14-10(8)3-2-4-12(14)22)5-6-11-16(24)18(26)15(20(21)28)19(27)17(11)25/h2-4,8-9,22,24,27H,5-7H2,1H3,(H2,21,28)/t8-,9-/m0/s1. The average Bonchev–Trinajstić information content (AvgIpc) is 2.63. The lowest BCUT2D eigenvalue weighted by Gasteiger charge is -2.31. The van der Waals surface area contributed by atoms with E-state index in [4.69, 9.17) is 5.73 Å². The molecule has 0 unspecified atom stereocenters. The van der Waals surface area contributed by atoms with Crippen LogP contribution in [0.2, 0.25) is 0 Å². The van der Waals surface area contributed by atoms with Crippen molar-refractivity contribution in [1.29, 1.82) is 0 Å². The minimum Gasteiger partial charge on any atom is -0.507 e. The molecular formula is C20H19NO7. The van der Waals surface area contributed by atoms with Crippen LogP contribution in [0, 0.1) is 5.92 Å². The third-order valence-electron chi connectivity index (χ3n) is 5.46. The second kappa shape index (κ2) is 6.95. The summed E-state index contributed by atoms with van der Waals surface area (Å²) in [6.45, 7) is 1.89. The van der Waals surface area contributed by atoms with Gasteiger partial charge in [0.1, 0.15) is 11.3 Å². The van der Waals surface area contributed by atoms with Gasteiger partial charge >= 0.3 is 0 Å². The molecule has 1 aromatic carbocycles. The molecule has 0 saturated carbocycles. The summed E-state index contributed by atoms with van der Waals surface area (Å²) >= 11 is 0. The lowest BCUT2D eigenvalue weighted by Crippen LogP contribution is -2.32. The largest absolute Gasteiger partial charge is 0.507 e. The molecule has 0 heterocycles. The van der Waals surface area contributed by atoms with Gasteiger partial charge in [0.25, 0.3) is 5.91 Å². The van der Waals surface area contributed by atoms with Gasteiger partial charge in [0, 0.05) is 12.0 Å². The van der Waals surface area contributed by atoms with Crippen molar-refractivity contribution in [3.8, 4) is 5.75 Å². The summed E-state index contributed by atoms with van der Waals surface area (Å²) < 4.78 is 0. The van der Waals surface area contributed by atoms with Crippen molar-refractivity contribution in [3.05, 3.63) is 52.0 Å². The summed E-state index contributed by atoms with van der Waals surface area (Å²) in [6, 6.07) is 4.85. The van der Waals surface area contributed by atoms with Crippen LogP contribution in [0.4, 0.5) is 0 Å². The number of aliphatic hydroxyl groups excluding tert-OH is 2. The molecule has 0 fully saturated rings. The van der Waals surface area contributed by atoms with E-state index in [0.717, 1.165) is 0 Å². The molecule has 2 atom stereocenters. The number of primary amides is 1. The van der Waals surface area contributed by atoms with E-state index in [-0.39, 0.29) is 48.2 Å². The molecule has 2 aliphatic carbocycles. The topological polar surface area (TPSA) is 155 Å². The van der Waals surface area contributed by atoms with Gasteiger partial charge in [0.2, 0.25) is 11.6 Å². The van der Waals surface area contributed by atoms with Gasteiger partial charge < -0.3 is 21.1 Å². The Morgan fingerprint density at radius 1 is 1.11 bits per heavy atom. The number of carbonyl (C=O) groups excluding carboxylic acids is 4. The quantitative estimate of drug-likeness (QED) is 0.454. The van der Waals surface area contributed by atoms with Crippen LogP contribution >= 0.6 is 0 Å². The number of benzene rings is 1. The molecule has 1 amide bonds. The molecule has 0 radical (unpaired) electrons. The number of phenolic OH excluding ortho intramolecular Hbond substituents is 1. The van der Waals surface area contributed by atoms with Crippen LogP contribution < -0.4 is 5.73 Å². The van der Waals surface area contributed by atoms with Crippen LogP contribution in [0.25, 0.3) is 0 Å². The second-order valence-corrected chi connectivity index (χ2v) is 7.03. The van der Waals surface area contributed by atoms with Crippen molar-refractivity contribution in [2.75, 3.05) is 0 Å². The first kappa shape index (κ1) is 19.3. The van der Waals surface area contributed by atoms with Crippen molar-refractivity contribution in [1.82, 2.24) is 0 Å². The number of nitrogens with two attached hydrogens (primary N) is 1. The van der Waals surface area contributed by atoms with Crippen molar-refractivity contribution >= 4 is 23.3 Å². The van der Waals surface area contributed by atoms with Gasteiger partial charge in [-0.25, -0.2) is 0 Å². The minimum absolute atomic E-state index is 0.0665. The number of ketones is 3. The van der Waals surface area contributed by atoms with Crippen LogP contribution in [0.5, 0.6) is 5.75 Å². The number of rotatable bonds is 4. The molecule has 0 aliphatic heterocycles. The number of aromatic hydroxyl groups is 1. The molecule has 0 bridgehead atoms. The lowest BCUT2D eigenvalue weighted by atomic mass is 9.72. The number of phenols is 1. The molecule has 146 valence electrons. The van der Waals surface area contributed by atoms with E-state index in [1.807, 2.05) is 6.92 Å². The van der Waals surface area contributed by atoms with Crippen molar-refractivity contribution in [2.45, 2.75) is 32.1 Å². The Kier molecular flexibility index (Phi) is 4.80. The van der Waals surface area contributed by atoms with Crippen molar-refractivity contribution < 1.29 is 34.5 Å². The monoisotopic (exact) mass is 385 g/mol. The maximum Gasteiger partial charge on any atom is 0.256 e. The van der Waals surface area contributed by atoms with Crippen molar-refractivity contribution in [3.63, 3.8) is 0 Å². The highest BCUT2D eigenvalue weighted by atomic mass is 16.3. The summed E-state index contributed by atoms with van der Waals surface area (Å²) in [4.78, 5) is 48.0. The minimum atomic E-state index is -1.30. The third-order valence-corrected chi connectivity index (χ3v) is 5.46. The SMILES string of the molecule is C[C@@H]1c2cccc(O)c2C(=O)C[C@@H]1CCC1=C(O)C(=O)C(C(N)=O)=C(O)C1=O. The number of carbonyl (C=O) groups is 4. The molecule has 2 aliphatic rings. The number of hydrogen-bond acceptors (Lipinski definition) is 7. The van der Waals surface area contributed by atoms with Gasteiger partial charge in [-0.15, -0.1) is 0 Å². The maximum absolute atomic E-state index is 12.4. The molecule has 8 nitrogen and oxygen atoms in total. The van der Waals surface area contributed by atoms with Crippen LogP contribution in [0.3, 0.4) is 0 Å². The first-order valence-corrected chi connectivity index (χ1v) is 8.74. The summed E-state index contributed by atoms with van der Waals surface area (Å²) in [7, 11) is 0. The number of hydrogen-bond donors (Lipinski definition) is 4. The smallest absolute Gasteiger partial charge is 0.256 e. The summed E-state index contributed by atoms with van der Waals surface area (Å²) in [6.07, 6.45) is 0.346. The fourth-order valence-corrected chi connectivity index (χ4v) is 3.88. The number of amides is 1. The van der Waals surface area contributed by atoms with Crippen molar-refractivity contribution in [2.24, 2.45) is 11.7 Å². The lowest BCUT2D eigenvalue weighted by molar-refractivity contribution is -0.124. The molecule has 1 aromatic rings. The zero-order valence-corrected chi connectivity index (χ0v) is 15.1. The van der Waals surface area contributed by atoms with Gasteiger partial charge in [0.05, 0.1) is 5.56 Å². The highest BCUT2D eigenvalue weighted by molar-refractivity contribution is 6.33. The molecule has 0 aromatic heterocycles. The van der Waals surface area contributed by atoms with Gasteiger partial charge in [-0.1, -0.05) is 19.1 Å². The highest BCUT2D eigenvalue weighted by Crippen LogP contribution is 2.42. The summed E-state index contributed by atoms with van der Waals surface area (Å²) in [5.41, 5.74) is 4.73. The molecule has 0 spiro atoms. The van der Waals surface area contributed by atoms with E-state index >= 15 is 0 Å². The number of fused-ring (bicyclic) bond motifs is 1. The highest BCUT2D eigenvalue weighted by Gasteiger charge is 2.39. The Balaban J connectivity index is 1.83. The van der Waals surface area contributed by atoms with Crippen LogP contribution in [0.15, 0.2) is 40.9 Å². The van der Waals surface area contributed by atoms with Gasteiger partial charge in [0.15, 0.2) is 17.3 Å². The normalized spacial score (nSPS) is 22.5. The van der Waals surface area contributed by atoms with Crippen LogP contribution in [0.1, 0.15) is 48.0 Å². The molecular weight excluding hydrogens is 366 g/mol. The van der Waals surface area contributed by atoms with Gasteiger partial charge in [-0.3, -0.25) is 19.2 Å². The van der Waals surface area contributed by atoms with E-state index in [1.54, 1.807) is 12.1 Å². The molecule has 5 N–H and O–H groups in total. The molecule has 3 rings (SSSR count). The number of Topliss-reactive ketones (excluding diaryl/α,β-unsaturated/α-hetero) is 3. The first-order chi connectivity index (χ1) is 13.1. The Labute approximate surface area is 160 Å². The van der Waals surface area contributed by atoms with E-state index in [0.29, 0.717) is 11.1 Å². The zero-order valence-electron chi connectivity index (χ0n) is 15.1.